The molecule has 0 saturated heterocycles. The average molecular weight is 318 g/mol. The largest absolute Gasteiger partial charge is 0.278 e. The molecule has 0 fully saturated rings. The number of hydrazone groups is 1. The molecule has 1 aromatic heterocycles. The minimum atomic E-state index is -0.434. The predicted octanol–water partition coefficient (Wildman–Crippen LogP) is 4.15. The quantitative estimate of drug-likeness (QED) is 0.435. The van der Waals surface area contributed by atoms with Crippen molar-refractivity contribution in [2.75, 3.05) is 5.43 Å². The summed E-state index contributed by atoms with van der Waals surface area (Å²) in [6.07, 6.45) is 3.20. The number of allylic oxidation sites excluding steroid dienone is 1. The summed E-state index contributed by atoms with van der Waals surface area (Å²) in [5.74, 6) is 0. The summed E-state index contributed by atoms with van der Waals surface area (Å²) in [4.78, 5) is 15.0. The van der Waals surface area contributed by atoms with E-state index in [9.17, 15) is 10.1 Å². The van der Waals surface area contributed by atoms with Crippen LogP contribution in [0.5, 0.6) is 0 Å². The van der Waals surface area contributed by atoms with Crippen LogP contribution in [0.3, 0.4) is 0 Å². The molecule has 0 aliphatic carbocycles. The summed E-state index contributed by atoms with van der Waals surface area (Å²) in [7, 11) is 0. The van der Waals surface area contributed by atoms with E-state index in [2.05, 4.69) is 22.1 Å². The van der Waals surface area contributed by atoms with Crippen molar-refractivity contribution in [2.24, 2.45) is 5.10 Å². The van der Waals surface area contributed by atoms with Crippen molar-refractivity contribution < 1.29 is 4.92 Å². The predicted molar refractivity (Wildman–Crippen MR) is 95.2 cm³/mol. The molecule has 0 unspecified atom stereocenters. The van der Waals surface area contributed by atoms with Crippen molar-refractivity contribution in [3.8, 4) is 0 Å². The minimum absolute atomic E-state index is 0.0162. The molecule has 0 atom stereocenters. The summed E-state index contributed by atoms with van der Waals surface area (Å²) in [6.45, 7) is 3.71. The van der Waals surface area contributed by atoms with Crippen molar-refractivity contribution in [1.82, 2.24) is 4.98 Å². The van der Waals surface area contributed by atoms with Gasteiger partial charge in [-0.1, -0.05) is 24.8 Å². The fourth-order valence-corrected chi connectivity index (χ4v) is 2.39. The van der Waals surface area contributed by atoms with Crippen molar-refractivity contribution in [1.29, 1.82) is 0 Å². The molecule has 0 aliphatic heterocycles. The lowest BCUT2D eigenvalue weighted by Crippen LogP contribution is -2.05. The molecule has 0 spiro atoms. The van der Waals surface area contributed by atoms with Gasteiger partial charge in [0.15, 0.2) is 0 Å². The maximum Gasteiger partial charge on any atom is 0.278 e. The first-order valence-electron chi connectivity index (χ1n) is 7.24. The van der Waals surface area contributed by atoms with Gasteiger partial charge in [0.1, 0.15) is 0 Å². The fraction of sp³-hybridized carbons (Fsp3) is 0. The molecule has 118 valence electrons. The standard InChI is InChI=1S/C18H14N4O2/c1-2-15(14-7-3-4-11-18(14)22(23)24)20-21-17-10-5-9-16-13(17)8-6-12-19-16/h2-12,21H,1H2/b20-15+. The maximum atomic E-state index is 11.2. The van der Waals surface area contributed by atoms with Gasteiger partial charge >= 0.3 is 0 Å². The van der Waals surface area contributed by atoms with E-state index in [1.807, 2.05) is 30.3 Å². The number of nitro groups is 1. The van der Waals surface area contributed by atoms with Gasteiger partial charge in [0, 0.05) is 17.6 Å². The number of hydrogen-bond acceptors (Lipinski definition) is 5. The number of nitrogens with one attached hydrogen (secondary N) is 1. The fourth-order valence-electron chi connectivity index (χ4n) is 2.39. The normalized spacial score (nSPS) is 11.2. The highest BCUT2D eigenvalue weighted by Crippen LogP contribution is 2.23. The lowest BCUT2D eigenvalue weighted by molar-refractivity contribution is -0.385. The molecule has 6 heteroatoms. The number of fused-ring (bicyclic) bond motifs is 1. The topological polar surface area (TPSA) is 80.4 Å². The molecule has 0 bridgehead atoms. The number of aromatic nitrogens is 1. The number of para-hydroxylation sites is 1. The van der Waals surface area contributed by atoms with E-state index in [1.54, 1.807) is 24.4 Å². The molecular formula is C18H14N4O2. The Labute approximate surface area is 138 Å². The van der Waals surface area contributed by atoms with Crippen LogP contribution in [-0.4, -0.2) is 15.6 Å². The van der Waals surface area contributed by atoms with Gasteiger partial charge in [0.2, 0.25) is 0 Å². The first kappa shape index (κ1) is 15.4. The molecule has 3 aromatic rings. The number of benzene rings is 2. The molecule has 0 amide bonds. The number of rotatable bonds is 5. The molecule has 2 aromatic carbocycles. The maximum absolute atomic E-state index is 11.2. The van der Waals surface area contributed by atoms with Crippen molar-refractivity contribution >= 4 is 28.0 Å². The first-order chi connectivity index (χ1) is 11.7. The molecule has 0 aliphatic rings. The SMILES string of the molecule is C=C/C(=N\Nc1cccc2ncccc12)c1ccccc1[N+](=O)[O-]. The van der Waals surface area contributed by atoms with Gasteiger partial charge in [-0.2, -0.15) is 5.10 Å². The Hall–Kier alpha value is -3.54. The zero-order chi connectivity index (χ0) is 16.9. The number of pyridine rings is 1. The van der Waals surface area contributed by atoms with Crippen LogP contribution >= 0.6 is 0 Å². The number of nitrogens with zero attached hydrogens (tertiary/aromatic N) is 3. The lowest BCUT2D eigenvalue weighted by atomic mass is 10.1. The van der Waals surface area contributed by atoms with E-state index in [0.29, 0.717) is 11.3 Å². The molecule has 24 heavy (non-hydrogen) atoms. The Morgan fingerprint density at radius 2 is 2.00 bits per heavy atom. The van der Waals surface area contributed by atoms with E-state index >= 15 is 0 Å². The van der Waals surface area contributed by atoms with E-state index in [1.165, 1.54) is 12.1 Å². The molecule has 3 rings (SSSR count). The summed E-state index contributed by atoms with van der Waals surface area (Å²) < 4.78 is 0. The highest BCUT2D eigenvalue weighted by Gasteiger charge is 2.15. The van der Waals surface area contributed by atoms with E-state index in [0.717, 1.165) is 16.6 Å². The molecular weight excluding hydrogens is 304 g/mol. The summed E-state index contributed by atoms with van der Waals surface area (Å²) in [5.41, 5.74) is 5.34. The van der Waals surface area contributed by atoms with Crippen molar-refractivity contribution in [3.63, 3.8) is 0 Å². The first-order valence-corrected chi connectivity index (χ1v) is 7.24. The Kier molecular flexibility index (Phi) is 4.29. The summed E-state index contributed by atoms with van der Waals surface area (Å²) in [5, 5.41) is 16.4. The molecule has 0 saturated carbocycles. The van der Waals surface area contributed by atoms with Crippen LogP contribution in [-0.2, 0) is 0 Å². The van der Waals surface area contributed by atoms with E-state index < -0.39 is 4.92 Å². The van der Waals surface area contributed by atoms with Crippen LogP contribution in [0, 0.1) is 10.1 Å². The monoisotopic (exact) mass is 318 g/mol. The molecule has 1 heterocycles. The average Bonchev–Trinajstić information content (AvgIpc) is 2.62. The second kappa shape index (κ2) is 6.70. The van der Waals surface area contributed by atoms with Gasteiger partial charge in [0.05, 0.1) is 27.4 Å². The molecule has 0 radical (unpaired) electrons. The summed E-state index contributed by atoms with van der Waals surface area (Å²) >= 11 is 0. The lowest BCUT2D eigenvalue weighted by Gasteiger charge is -2.07. The van der Waals surface area contributed by atoms with Crippen molar-refractivity contribution in [3.05, 3.63) is 89.1 Å². The van der Waals surface area contributed by atoms with E-state index in [4.69, 9.17) is 0 Å². The van der Waals surface area contributed by atoms with Crippen LogP contribution in [0.1, 0.15) is 5.56 Å². The van der Waals surface area contributed by atoms with Crippen LogP contribution in [0.25, 0.3) is 10.9 Å². The van der Waals surface area contributed by atoms with Crippen LogP contribution in [0.4, 0.5) is 11.4 Å². The Bertz CT molecular complexity index is 945. The van der Waals surface area contributed by atoms with Gasteiger partial charge < -0.3 is 0 Å². The Morgan fingerprint density at radius 1 is 1.17 bits per heavy atom. The smallest absolute Gasteiger partial charge is 0.277 e. The minimum Gasteiger partial charge on any atom is -0.277 e. The van der Waals surface area contributed by atoms with Gasteiger partial charge in [0.25, 0.3) is 5.69 Å². The second-order valence-electron chi connectivity index (χ2n) is 4.96. The Balaban J connectivity index is 2.00. The number of anilines is 1. The summed E-state index contributed by atoms with van der Waals surface area (Å²) in [6, 6.07) is 15.8. The molecule has 1 N–H and O–H groups in total. The number of nitro benzene ring substituents is 1. The highest BCUT2D eigenvalue weighted by molar-refractivity contribution is 6.11. The van der Waals surface area contributed by atoms with Gasteiger partial charge in [-0.15, -0.1) is 0 Å². The third-order valence-corrected chi connectivity index (χ3v) is 3.51. The van der Waals surface area contributed by atoms with Crippen LogP contribution in [0.2, 0.25) is 0 Å². The Morgan fingerprint density at radius 3 is 2.79 bits per heavy atom. The number of hydrogen-bond donors (Lipinski definition) is 1. The van der Waals surface area contributed by atoms with Crippen molar-refractivity contribution in [2.45, 2.75) is 0 Å². The molecule has 6 nitrogen and oxygen atoms in total. The second-order valence-corrected chi connectivity index (χ2v) is 4.96. The van der Waals surface area contributed by atoms with Gasteiger partial charge in [-0.05, 0) is 36.4 Å². The third-order valence-electron chi connectivity index (χ3n) is 3.51. The van der Waals surface area contributed by atoms with Crippen LogP contribution in [0.15, 0.2) is 78.6 Å². The zero-order valence-electron chi connectivity index (χ0n) is 12.7. The van der Waals surface area contributed by atoms with Crippen LogP contribution < -0.4 is 5.43 Å². The highest BCUT2D eigenvalue weighted by atomic mass is 16.6. The van der Waals surface area contributed by atoms with Gasteiger partial charge in [-0.3, -0.25) is 20.5 Å². The van der Waals surface area contributed by atoms with Gasteiger partial charge in [-0.25, -0.2) is 0 Å². The van der Waals surface area contributed by atoms with E-state index in [-0.39, 0.29) is 5.69 Å². The third kappa shape index (κ3) is 2.98. The zero-order valence-corrected chi connectivity index (χ0v) is 12.7.